The highest BCUT2D eigenvalue weighted by Gasteiger charge is 2.19. The maximum absolute atomic E-state index is 4.50. The number of rotatable bonds is 9. The van der Waals surface area contributed by atoms with E-state index in [4.69, 9.17) is 0 Å². The normalized spacial score (nSPS) is 14.6. The monoisotopic (exact) mass is 259 g/mol. The van der Waals surface area contributed by atoms with E-state index < -0.39 is 7.22 Å². The lowest BCUT2D eigenvalue weighted by atomic mass is 10.2. The predicted molar refractivity (Wildman–Crippen MR) is 82.5 cm³/mol. The van der Waals surface area contributed by atoms with Crippen LogP contribution < -0.4 is 0 Å². The molecule has 0 aromatic heterocycles. The Labute approximate surface area is 107 Å². The van der Waals surface area contributed by atoms with Crippen LogP contribution in [-0.2, 0) is 0 Å². The summed E-state index contributed by atoms with van der Waals surface area (Å²) in [6, 6.07) is 0. The SMILES string of the molecule is CCCCC=NCCC(CC)S[Si](C)(C)C. The summed E-state index contributed by atoms with van der Waals surface area (Å²) in [7, 11) is -0.958. The average Bonchev–Trinajstić information content (AvgIpc) is 2.19. The maximum Gasteiger partial charge on any atom is 0.108 e. The van der Waals surface area contributed by atoms with Crippen LogP contribution in [0.4, 0.5) is 0 Å². The fourth-order valence-electron chi connectivity index (χ4n) is 1.54. The second-order valence-electron chi connectivity index (χ2n) is 5.28. The molecule has 1 atom stereocenters. The Morgan fingerprint density at radius 2 is 1.94 bits per heavy atom. The van der Waals surface area contributed by atoms with Gasteiger partial charge in [0.1, 0.15) is 7.22 Å². The second-order valence-corrected chi connectivity index (χ2v) is 14.8. The van der Waals surface area contributed by atoms with E-state index in [2.05, 4.69) is 55.9 Å². The number of unbranched alkanes of at least 4 members (excludes halogenated alkanes) is 2. The number of nitrogens with zero attached hydrogens (tertiary/aromatic N) is 1. The van der Waals surface area contributed by atoms with E-state index in [0.29, 0.717) is 0 Å². The van der Waals surface area contributed by atoms with E-state index in [9.17, 15) is 0 Å². The van der Waals surface area contributed by atoms with Crippen LogP contribution in [-0.4, -0.2) is 25.2 Å². The average molecular weight is 260 g/mol. The maximum atomic E-state index is 4.50. The Balaban J connectivity index is 3.67. The van der Waals surface area contributed by atoms with Gasteiger partial charge in [-0.15, -0.1) is 0 Å². The summed E-state index contributed by atoms with van der Waals surface area (Å²) in [5, 5.41) is 0.829. The van der Waals surface area contributed by atoms with Crippen LogP contribution in [0.25, 0.3) is 0 Å². The number of aliphatic imine (C=N–C) groups is 1. The van der Waals surface area contributed by atoms with Gasteiger partial charge in [-0.1, -0.05) is 39.9 Å². The van der Waals surface area contributed by atoms with E-state index >= 15 is 0 Å². The molecule has 0 aromatic rings. The molecule has 16 heavy (non-hydrogen) atoms. The van der Waals surface area contributed by atoms with Gasteiger partial charge in [0, 0.05) is 11.8 Å². The van der Waals surface area contributed by atoms with Gasteiger partial charge < -0.3 is 0 Å². The molecule has 96 valence electrons. The zero-order valence-electron chi connectivity index (χ0n) is 11.8. The number of hydrogen-bond acceptors (Lipinski definition) is 2. The largest absolute Gasteiger partial charge is 0.297 e. The molecule has 0 spiro atoms. The zero-order valence-corrected chi connectivity index (χ0v) is 13.6. The third kappa shape index (κ3) is 10.7. The van der Waals surface area contributed by atoms with Crippen molar-refractivity contribution >= 4 is 24.6 Å². The molecule has 0 aromatic carbocycles. The summed E-state index contributed by atoms with van der Waals surface area (Å²) < 4.78 is 0. The van der Waals surface area contributed by atoms with Crippen LogP contribution in [0.15, 0.2) is 4.99 Å². The van der Waals surface area contributed by atoms with E-state index in [1.807, 2.05) is 0 Å². The van der Waals surface area contributed by atoms with Crippen LogP contribution in [0.5, 0.6) is 0 Å². The molecule has 0 saturated carbocycles. The Kier molecular flexibility index (Phi) is 9.42. The molecule has 0 amide bonds. The Bertz CT molecular complexity index is 187. The van der Waals surface area contributed by atoms with Crippen LogP contribution in [0.1, 0.15) is 46.0 Å². The molecule has 0 fully saturated rings. The first-order chi connectivity index (χ1) is 7.49. The summed E-state index contributed by atoms with van der Waals surface area (Å²) in [4.78, 5) is 4.50. The van der Waals surface area contributed by atoms with Crippen molar-refractivity contribution in [2.24, 2.45) is 4.99 Å². The van der Waals surface area contributed by atoms with Gasteiger partial charge in [-0.25, -0.2) is 0 Å². The van der Waals surface area contributed by atoms with Crippen molar-refractivity contribution in [1.29, 1.82) is 0 Å². The third-order valence-corrected chi connectivity index (χ3v) is 7.10. The van der Waals surface area contributed by atoms with E-state index in [0.717, 1.165) is 18.2 Å². The van der Waals surface area contributed by atoms with Crippen LogP contribution in [0.3, 0.4) is 0 Å². The fraction of sp³-hybridized carbons (Fsp3) is 0.923. The standard InChI is InChI=1S/C13H29NSSi/c1-6-8-9-11-14-12-10-13(7-2)15-16(3,4)5/h11,13H,6-10,12H2,1-5H3. The Morgan fingerprint density at radius 1 is 1.25 bits per heavy atom. The topological polar surface area (TPSA) is 12.4 Å². The highest BCUT2D eigenvalue weighted by molar-refractivity contribution is 8.29. The highest BCUT2D eigenvalue weighted by Crippen LogP contribution is 2.28. The molecule has 0 heterocycles. The van der Waals surface area contributed by atoms with Crippen molar-refractivity contribution in [2.45, 2.75) is 70.8 Å². The van der Waals surface area contributed by atoms with Gasteiger partial charge in [-0.2, -0.15) is 11.2 Å². The summed E-state index contributed by atoms with van der Waals surface area (Å²) in [5.41, 5.74) is 0. The molecule has 1 unspecified atom stereocenters. The van der Waals surface area contributed by atoms with Crippen molar-refractivity contribution in [2.75, 3.05) is 6.54 Å². The van der Waals surface area contributed by atoms with Crippen LogP contribution in [0.2, 0.25) is 19.6 Å². The number of hydrogen-bond donors (Lipinski definition) is 0. The van der Waals surface area contributed by atoms with Crippen molar-refractivity contribution in [3.63, 3.8) is 0 Å². The lowest BCUT2D eigenvalue weighted by Gasteiger charge is -2.22. The second kappa shape index (κ2) is 9.29. The van der Waals surface area contributed by atoms with Crippen LogP contribution >= 0.6 is 11.2 Å². The molecule has 0 N–H and O–H groups in total. The first-order valence-corrected chi connectivity index (χ1v) is 11.8. The minimum atomic E-state index is -0.958. The molecule has 0 rings (SSSR count). The summed E-state index contributed by atoms with van der Waals surface area (Å²) >= 11 is 2.24. The van der Waals surface area contributed by atoms with Gasteiger partial charge in [0.15, 0.2) is 0 Å². The lowest BCUT2D eigenvalue weighted by molar-refractivity contribution is 0.747. The van der Waals surface area contributed by atoms with Gasteiger partial charge in [0.2, 0.25) is 0 Å². The summed E-state index contributed by atoms with van der Waals surface area (Å²) in [5.74, 6) is 0. The van der Waals surface area contributed by atoms with Crippen molar-refractivity contribution in [3.8, 4) is 0 Å². The first-order valence-electron chi connectivity index (χ1n) is 6.65. The van der Waals surface area contributed by atoms with E-state index in [1.165, 1.54) is 25.7 Å². The first kappa shape index (κ1) is 16.2. The Hall–Kier alpha value is 0.237. The van der Waals surface area contributed by atoms with Crippen molar-refractivity contribution < 1.29 is 0 Å². The smallest absolute Gasteiger partial charge is 0.108 e. The molecular formula is C13H29NSSi. The van der Waals surface area contributed by atoms with Gasteiger partial charge in [0.25, 0.3) is 0 Å². The highest BCUT2D eigenvalue weighted by atomic mass is 32.4. The predicted octanol–water partition coefficient (Wildman–Crippen LogP) is 4.98. The van der Waals surface area contributed by atoms with Crippen LogP contribution in [0, 0.1) is 0 Å². The van der Waals surface area contributed by atoms with Crippen molar-refractivity contribution in [1.82, 2.24) is 0 Å². The molecule has 0 radical (unpaired) electrons. The van der Waals surface area contributed by atoms with Crippen molar-refractivity contribution in [3.05, 3.63) is 0 Å². The minimum absolute atomic E-state index is 0.829. The molecule has 1 nitrogen and oxygen atoms in total. The Morgan fingerprint density at radius 3 is 2.44 bits per heavy atom. The molecular weight excluding hydrogens is 230 g/mol. The third-order valence-electron chi connectivity index (χ3n) is 2.37. The van der Waals surface area contributed by atoms with Gasteiger partial charge in [0.05, 0.1) is 0 Å². The molecule has 0 aliphatic carbocycles. The molecule has 3 heteroatoms. The van der Waals surface area contributed by atoms with Gasteiger partial charge in [-0.3, -0.25) is 4.99 Å². The molecule has 0 aliphatic heterocycles. The fourth-order valence-corrected chi connectivity index (χ4v) is 6.79. The summed E-state index contributed by atoms with van der Waals surface area (Å²) in [6.07, 6.45) is 8.39. The van der Waals surface area contributed by atoms with E-state index in [-0.39, 0.29) is 0 Å². The molecule has 0 saturated heterocycles. The lowest BCUT2D eigenvalue weighted by Crippen LogP contribution is -2.20. The van der Waals surface area contributed by atoms with Gasteiger partial charge >= 0.3 is 0 Å². The zero-order chi connectivity index (χ0) is 12.4. The minimum Gasteiger partial charge on any atom is -0.297 e. The quantitative estimate of drug-likeness (QED) is 0.323. The molecule has 0 bridgehead atoms. The van der Waals surface area contributed by atoms with E-state index in [1.54, 1.807) is 0 Å². The summed E-state index contributed by atoms with van der Waals surface area (Å²) in [6.45, 7) is 12.9. The van der Waals surface area contributed by atoms with Gasteiger partial charge in [-0.05, 0) is 31.9 Å². The molecule has 0 aliphatic rings.